The van der Waals surface area contributed by atoms with Gasteiger partial charge in [0.15, 0.2) is 0 Å². The van der Waals surface area contributed by atoms with Crippen LogP contribution in [0.3, 0.4) is 0 Å². The first-order chi connectivity index (χ1) is 6.98. The molecule has 88 valence electrons. The molecule has 1 rings (SSSR count). The Kier molecular flexibility index (Phi) is 4.14. The fourth-order valence-electron chi connectivity index (χ4n) is 2.89. The lowest BCUT2D eigenvalue weighted by Crippen LogP contribution is -2.47. The van der Waals surface area contributed by atoms with Crippen molar-refractivity contribution in [3.05, 3.63) is 0 Å². The van der Waals surface area contributed by atoms with Gasteiger partial charge in [-0.25, -0.2) is 0 Å². The van der Waals surface area contributed by atoms with Gasteiger partial charge in [-0.3, -0.25) is 4.79 Å². The second-order valence-electron chi connectivity index (χ2n) is 5.26. The van der Waals surface area contributed by atoms with Crippen LogP contribution in [0.25, 0.3) is 0 Å². The molecule has 1 atom stereocenters. The smallest absolute Gasteiger partial charge is 0.303 e. The molecule has 3 heteroatoms. The van der Waals surface area contributed by atoms with Gasteiger partial charge in [0.05, 0.1) is 6.42 Å². The number of carboxylic acid groups (broad SMARTS) is 1. The quantitative estimate of drug-likeness (QED) is 0.753. The minimum Gasteiger partial charge on any atom is -0.481 e. The zero-order chi connectivity index (χ0) is 11.5. The van der Waals surface area contributed by atoms with E-state index in [9.17, 15) is 4.79 Å². The number of rotatable bonds is 4. The van der Waals surface area contributed by atoms with Crippen molar-refractivity contribution in [3.8, 4) is 0 Å². The van der Waals surface area contributed by atoms with Crippen molar-refractivity contribution in [3.63, 3.8) is 0 Å². The highest BCUT2D eigenvalue weighted by molar-refractivity contribution is 5.67. The average molecular weight is 213 g/mol. The predicted molar refractivity (Wildman–Crippen MR) is 60.6 cm³/mol. The summed E-state index contributed by atoms with van der Waals surface area (Å²) in [5, 5.41) is 9.01. The molecule has 0 radical (unpaired) electrons. The van der Waals surface area contributed by atoms with E-state index in [-0.39, 0.29) is 17.9 Å². The summed E-state index contributed by atoms with van der Waals surface area (Å²) in [6.45, 7) is 4.17. The van der Waals surface area contributed by atoms with Gasteiger partial charge in [-0.05, 0) is 24.2 Å². The Morgan fingerprint density at radius 3 is 2.27 bits per heavy atom. The lowest BCUT2D eigenvalue weighted by molar-refractivity contribution is -0.141. The van der Waals surface area contributed by atoms with Crippen molar-refractivity contribution >= 4 is 5.97 Å². The second-order valence-corrected chi connectivity index (χ2v) is 5.26. The van der Waals surface area contributed by atoms with Gasteiger partial charge in [-0.2, -0.15) is 0 Å². The van der Waals surface area contributed by atoms with Crippen molar-refractivity contribution in [2.45, 2.75) is 58.4 Å². The van der Waals surface area contributed by atoms with Crippen molar-refractivity contribution in [2.75, 3.05) is 0 Å². The first kappa shape index (κ1) is 12.5. The Morgan fingerprint density at radius 2 is 1.87 bits per heavy atom. The van der Waals surface area contributed by atoms with Crippen LogP contribution in [0.2, 0.25) is 0 Å². The van der Waals surface area contributed by atoms with Crippen LogP contribution in [0.5, 0.6) is 0 Å². The monoisotopic (exact) mass is 213 g/mol. The summed E-state index contributed by atoms with van der Waals surface area (Å²) in [6.07, 6.45) is 5.71. The maximum absolute atomic E-state index is 10.9. The standard InChI is InChI=1S/C12H23NO2/c1-9(2)11(13)12(8-10(14)15)6-4-3-5-7-12/h9,11H,3-8,13H2,1-2H3,(H,14,15). The van der Waals surface area contributed by atoms with E-state index in [1.54, 1.807) is 0 Å². The summed E-state index contributed by atoms with van der Waals surface area (Å²) in [5.41, 5.74) is 6.07. The van der Waals surface area contributed by atoms with Gasteiger partial charge in [0.1, 0.15) is 0 Å². The maximum Gasteiger partial charge on any atom is 0.303 e. The normalized spacial score (nSPS) is 22.7. The molecule has 15 heavy (non-hydrogen) atoms. The van der Waals surface area contributed by atoms with Gasteiger partial charge in [0, 0.05) is 6.04 Å². The molecule has 0 aromatic carbocycles. The van der Waals surface area contributed by atoms with Crippen molar-refractivity contribution in [2.24, 2.45) is 17.1 Å². The zero-order valence-corrected chi connectivity index (χ0v) is 9.83. The largest absolute Gasteiger partial charge is 0.481 e. The van der Waals surface area contributed by atoms with Gasteiger partial charge in [-0.15, -0.1) is 0 Å². The van der Waals surface area contributed by atoms with Crippen molar-refractivity contribution < 1.29 is 9.90 Å². The fraction of sp³-hybridized carbons (Fsp3) is 0.917. The fourth-order valence-corrected chi connectivity index (χ4v) is 2.89. The van der Waals surface area contributed by atoms with Gasteiger partial charge in [0.2, 0.25) is 0 Å². The summed E-state index contributed by atoms with van der Waals surface area (Å²) < 4.78 is 0. The summed E-state index contributed by atoms with van der Waals surface area (Å²) in [5.74, 6) is -0.338. The molecule has 0 aliphatic heterocycles. The molecule has 0 heterocycles. The Bertz CT molecular complexity index is 220. The van der Waals surface area contributed by atoms with Crippen LogP contribution in [-0.4, -0.2) is 17.1 Å². The number of hydrogen-bond acceptors (Lipinski definition) is 2. The lowest BCUT2D eigenvalue weighted by atomic mass is 9.64. The number of nitrogens with two attached hydrogens (primary N) is 1. The molecule has 1 unspecified atom stereocenters. The maximum atomic E-state index is 10.9. The third kappa shape index (κ3) is 2.94. The van der Waals surface area contributed by atoms with E-state index in [1.165, 1.54) is 6.42 Å². The topological polar surface area (TPSA) is 63.3 Å². The summed E-state index contributed by atoms with van der Waals surface area (Å²) in [7, 11) is 0. The highest BCUT2D eigenvalue weighted by atomic mass is 16.4. The third-order valence-corrected chi connectivity index (χ3v) is 3.78. The highest BCUT2D eigenvalue weighted by Crippen LogP contribution is 2.43. The van der Waals surface area contributed by atoms with E-state index in [0.29, 0.717) is 5.92 Å². The van der Waals surface area contributed by atoms with Crippen LogP contribution in [0, 0.1) is 11.3 Å². The Labute approximate surface area is 92.0 Å². The number of carbonyl (C=O) groups is 1. The number of carboxylic acids is 1. The van der Waals surface area contributed by atoms with Crippen LogP contribution in [0.15, 0.2) is 0 Å². The van der Waals surface area contributed by atoms with E-state index in [0.717, 1.165) is 25.7 Å². The number of aliphatic carboxylic acids is 1. The molecular weight excluding hydrogens is 190 g/mol. The first-order valence-electron chi connectivity index (χ1n) is 5.95. The second kappa shape index (κ2) is 4.97. The molecule has 3 N–H and O–H groups in total. The van der Waals surface area contributed by atoms with Crippen LogP contribution in [0.1, 0.15) is 52.4 Å². The summed E-state index contributed by atoms with van der Waals surface area (Å²) >= 11 is 0. The Balaban J connectivity index is 2.78. The van der Waals surface area contributed by atoms with Gasteiger partial charge >= 0.3 is 5.97 Å². The van der Waals surface area contributed by atoms with Crippen molar-refractivity contribution in [1.82, 2.24) is 0 Å². The van der Waals surface area contributed by atoms with E-state index < -0.39 is 5.97 Å². The molecule has 0 aromatic heterocycles. The van der Waals surface area contributed by atoms with E-state index in [2.05, 4.69) is 13.8 Å². The van der Waals surface area contributed by atoms with Gasteiger partial charge < -0.3 is 10.8 Å². The number of hydrogen-bond donors (Lipinski definition) is 2. The summed E-state index contributed by atoms with van der Waals surface area (Å²) in [4.78, 5) is 10.9. The lowest BCUT2D eigenvalue weighted by Gasteiger charge is -2.43. The molecule has 3 nitrogen and oxygen atoms in total. The third-order valence-electron chi connectivity index (χ3n) is 3.78. The molecule has 0 amide bonds. The molecule has 1 saturated carbocycles. The Morgan fingerprint density at radius 1 is 1.33 bits per heavy atom. The molecule has 0 bridgehead atoms. The van der Waals surface area contributed by atoms with Crippen LogP contribution in [-0.2, 0) is 4.79 Å². The average Bonchev–Trinajstić information content (AvgIpc) is 2.16. The highest BCUT2D eigenvalue weighted by Gasteiger charge is 2.40. The molecule has 0 saturated heterocycles. The molecule has 1 aliphatic carbocycles. The van der Waals surface area contributed by atoms with Crippen LogP contribution in [0.4, 0.5) is 0 Å². The minimum atomic E-state index is -0.701. The first-order valence-corrected chi connectivity index (χ1v) is 5.95. The summed E-state index contributed by atoms with van der Waals surface area (Å²) in [6, 6.07) is 0.0221. The van der Waals surface area contributed by atoms with Gasteiger partial charge in [-0.1, -0.05) is 33.1 Å². The van der Waals surface area contributed by atoms with Gasteiger partial charge in [0.25, 0.3) is 0 Å². The van der Waals surface area contributed by atoms with E-state index >= 15 is 0 Å². The van der Waals surface area contributed by atoms with Crippen LogP contribution >= 0.6 is 0 Å². The molecule has 1 aliphatic rings. The zero-order valence-electron chi connectivity index (χ0n) is 9.83. The van der Waals surface area contributed by atoms with Crippen LogP contribution < -0.4 is 5.73 Å². The van der Waals surface area contributed by atoms with E-state index in [4.69, 9.17) is 10.8 Å². The SMILES string of the molecule is CC(C)C(N)C1(CC(=O)O)CCCCC1. The molecule has 0 spiro atoms. The van der Waals surface area contributed by atoms with Crippen molar-refractivity contribution in [1.29, 1.82) is 0 Å². The molecular formula is C12H23NO2. The predicted octanol–water partition coefficient (Wildman–Crippen LogP) is 2.39. The molecule has 0 aromatic rings. The Hall–Kier alpha value is -0.570. The van der Waals surface area contributed by atoms with E-state index in [1.807, 2.05) is 0 Å². The molecule has 1 fully saturated rings. The minimum absolute atomic E-state index is 0.0221.